The number of likely N-dealkylation sites (tertiary alicyclic amines) is 1. The zero-order valence-corrected chi connectivity index (χ0v) is 19.4. The number of hydrogen-bond acceptors (Lipinski definition) is 8. The van der Waals surface area contributed by atoms with Crippen molar-refractivity contribution in [1.29, 1.82) is 0 Å². The summed E-state index contributed by atoms with van der Waals surface area (Å²) < 4.78 is 17.3. The summed E-state index contributed by atoms with van der Waals surface area (Å²) in [4.78, 5) is 11.3. The largest absolute Gasteiger partial charge is 0.493 e. The molecule has 3 heterocycles. The molecule has 0 bridgehead atoms. The van der Waals surface area contributed by atoms with E-state index in [-0.39, 0.29) is 5.95 Å². The van der Waals surface area contributed by atoms with Crippen molar-refractivity contribution in [3.8, 4) is 22.6 Å². The molecule has 2 aliphatic heterocycles. The second-order valence-corrected chi connectivity index (χ2v) is 8.92. The van der Waals surface area contributed by atoms with E-state index >= 15 is 0 Å². The molecule has 2 aromatic rings. The van der Waals surface area contributed by atoms with Crippen LogP contribution in [0.3, 0.4) is 0 Å². The normalized spacial score (nSPS) is 19.8. The molecule has 174 valence electrons. The molecule has 0 spiro atoms. The van der Waals surface area contributed by atoms with Crippen molar-refractivity contribution in [3.63, 3.8) is 0 Å². The Kier molecular flexibility index (Phi) is 7.32. The molecule has 1 aromatic heterocycles. The molecule has 3 N–H and O–H groups in total. The third-order valence-electron chi connectivity index (χ3n) is 6.42. The van der Waals surface area contributed by atoms with Gasteiger partial charge in [-0.25, -0.2) is 4.98 Å². The molecule has 8 nitrogen and oxygen atoms in total. The Labute approximate surface area is 190 Å². The van der Waals surface area contributed by atoms with Crippen molar-refractivity contribution in [2.45, 2.75) is 26.2 Å². The Balaban J connectivity index is 1.57. The number of aromatic nitrogens is 2. The molecule has 1 atom stereocenters. The molecule has 2 aliphatic rings. The van der Waals surface area contributed by atoms with Crippen LogP contribution in [0.2, 0.25) is 0 Å². The van der Waals surface area contributed by atoms with Crippen molar-refractivity contribution in [3.05, 3.63) is 23.9 Å². The lowest BCUT2D eigenvalue weighted by Crippen LogP contribution is -2.23. The first-order valence-corrected chi connectivity index (χ1v) is 11.5. The predicted molar refractivity (Wildman–Crippen MR) is 126 cm³/mol. The van der Waals surface area contributed by atoms with Crippen molar-refractivity contribution in [2.75, 3.05) is 64.7 Å². The fourth-order valence-corrected chi connectivity index (χ4v) is 4.57. The first-order chi connectivity index (χ1) is 15.5. The summed E-state index contributed by atoms with van der Waals surface area (Å²) in [7, 11) is 3.82. The SMILES string of the molecule is COc1ccc(-c2c(C)nc(N)nc2NCC2CCOCC2)cc1OCC1CCN(C)C1. The van der Waals surface area contributed by atoms with Gasteiger partial charge in [-0.05, 0) is 63.4 Å². The number of nitrogens with two attached hydrogens (primary N) is 1. The van der Waals surface area contributed by atoms with Crippen molar-refractivity contribution < 1.29 is 14.2 Å². The van der Waals surface area contributed by atoms with Crippen LogP contribution >= 0.6 is 0 Å². The van der Waals surface area contributed by atoms with Gasteiger partial charge in [0.05, 0.1) is 19.4 Å². The lowest BCUT2D eigenvalue weighted by atomic mass is 9.99. The zero-order chi connectivity index (χ0) is 22.5. The van der Waals surface area contributed by atoms with Crippen LogP contribution in [0.25, 0.3) is 11.1 Å². The second-order valence-electron chi connectivity index (χ2n) is 8.92. The van der Waals surface area contributed by atoms with E-state index in [1.807, 2.05) is 25.1 Å². The van der Waals surface area contributed by atoms with Gasteiger partial charge >= 0.3 is 0 Å². The van der Waals surface area contributed by atoms with E-state index in [9.17, 15) is 0 Å². The molecule has 0 radical (unpaired) electrons. The summed E-state index contributed by atoms with van der Waals surface area (Å²) >= 11 is 0. The maximum Gasteiger partial charge on any atom is 0.222 e. The van der Waals surface area contributed by atoms with E-state index in [0.29, 0.717) is 18.4 Å². The fourth-order valence-electron chi connectivity index (χ4n) is 4.57. The predicted octanol–water partition coefficient (Wildman–Crippen LogP) is 3.21. The van der Waals surface area contributed by atoms with Gasteiger partial charge in [0.2, 0.25) is 5.95 Å². The van der Waals surface area contributed by atoms with E-state index in [2.05, 4.69) is 27.2 Å². The Morgan fingerprint density at radius 1 is 1.16 bits per heavy atom. The summed E-state index contributed by atoms with van der Waals surface area (Å²) in [6, 6.07) is 6.00. The van der Waals surface area contributed by atoms with E-state index in [1.165, 1.54) is 0 Å². The molecule has 8 heteroatoms. The van der Waals surface area contributed by atoms with Gasteiger partial charge in [0.1, 0.15) is 5.82 Å². The van der Waals surface area contributed by atoms with Gasteiger partial charge in [-0.1, -0.05) is 6.07 Å². The third kappa shape index (κ3) is 5.42. The van der Waals surface area contributed by atoms with Crippen LogP contribution < -0.4 is 20.5 Å². The lowest BCUT2D eigenvalue weighted by Gasteiger charge is -2.23. The molecule has 1 aromatic carbocycles. The van der Waals surface area contributed by atoms with Crippen LogP contribution in [-0.4, -0.2) is 68.5 Å². The Hall–Kier alpha value is -2.58. The van der Waals surface area contributed by atoms with Gasteiger partial charge in [-0.2, -0.15) is 4.98 Å². The van der Waals surface area contributed by atoms with Crippen LogP contribution in [0.1, 0.15) is 25.0 Å². The molecular formula is C24H35N5O3. The van der Waals surface area contributed by atoms with E-state index in [1.54, 1.807) is 7.11 Å². The highest BCUT2D eigenvalue weighted by molar-refractivity contribution is 5.79. The number of nitrogen functional groups attached to an aromatic ring is 1. The Bertz CT molecular complexity index is 917. The number of methoxy groups -OCH3 is 1. The lowest BCUT2D eigenvalue weighted by molar-refractivity contribution is 0.0699. The number of nitrogens with zero attached hydrogens (tertiary/aromatic N) is 3. The minimum Gasteiger partial charge on any atom is -0.493 e. The summed E-state index contributed by atoms with van der Waals surface area (Å²) in [6.07, 6.45) is 3.27. The number of hydrogen-bond donors (Lipinski definition) is 2. The minimum atomic E-state index is 0.274. The monoisotopic (exact) mass is 441 g/mol. The number of rotatable bonds is 8. The van der Waals surface area contributed by atoms with Gasteiger partial charge in [0.15, 0.2) is 11.5 Å². The van der Waals surface area contributed by atoms with Gasteiger partial charge in [0.25, 0.3) is 0 Å². The summed E-state index contributed by atoms with van der Waals surface area (Å²) in [5.41, 5.74) is 8.75. The molecule has 1 unspecified atom stereocenters. The van der Waals surface area contributed by atoms with Gasteiger partial charge in [-0.15, -0.1) is 0 Å². The average molecular weight is 442 g/mol. The Morgan fingerprint density at radius 2 is 1.97 bits per heavy atom. The van der Waals surface area contributed by atoms with Crippen LogP contribution in [-0.2, 0) is 4.74 Å². The average Bonchev–Trinajstić information content (AvgIpc) is 3.21. The summed E-state index contributed by atoms with van der Waals surface area (Å²) in [5, 5.41) is 3.53. The standard InChI is InChI=1S/C24H35N5O3/c1-16-22(23(28-24(25)27-16)26-13-17-7-10-31-11-8-17)19-4-5-20(30-3)21(12-19)32-15-18-6-9-29(2)14-18/h4-5,12,17-18H,6-11,13-15H2,1-3H3,(H3,25,26,27,28). The number of nitrogens with one attached hydrogen (secondary N) is 1. The van der Waals surface area contributed by atoms with Crippen molar-refractivity contribution in [1.82, 2.24) is 14.9 Å². The van der Waals surface area contributed by atoms with Crippen LogP contribution in [0.4, 0.5) is 11.8 Å². The highest BCUT2D eigenvalue weighted by Crippen LogP contribution is 2.37. The maximum absolute atomic E-state index is 6.23. The third-order valence-corrected chi connectivity index (χ3v) is 6.42. The van der Waals surface area contributed by atoms with Crippen LogP contribution in [0.15, 0.2) is 18.2 Å². The van der Waals surface area contributed by atoms with Crippen molar-refractivity contribution >= 4 is 11.8 Å². The molecule has 0 amide bonds. The van der Waals surface area contributed by atoms with E-state index in [4.69, 9.17) is 19.9 Å². The van der Waals surface area contributed by atoms with Crippen molar-refractivity contribution in [2.24, 2.45) is 11.8 Å². The quantitative estimate of drug-likeness (QED) is 0.645. The summed E-state index contributed by atoms with van der Waals surface area (Å²) in [6.45, 7) is 7.30. The van der Waals surface area contributed by atoms with E-state index < -0.39 is 0 Å². The molecule has 2 fully saturated rings. The van der Waals surface area contributed by atoms with Gasteiger partial charge in [-0.3, -0.25) is 0 Å². The number of aryl methyl sites for hydroxylation is 1. The second kappa shape index (κ2) is 10.4. The molecular weight excluding hydrogens is 406 g/mol. The van der Waals surface area contributed by atoms with Gasteiger partial charge < -0.3 is 30.2 Å². The number of benzene rings is 1. The number of ether oxygens (including phenoxy) is 3. The first-order valence-electron chi connectivity index (χ1n) is 11.5. The molecule has 0 aliphatic carbocycles. The molecule has 2 saturated heterocycles. The van der Waals surface area contributed by atoms with Gasteiger partial charge in [0, 0.05) is 37.8 Å². The molecule has 0 saturated carbocycles. The first kappa shape index (κ1) is 22.6. The minimum absolute atomic E-state index is 0.274. The fraction of sp³-hybridized carbons (Fsp3) is 0.583. The molecule has 4 rings (SSSR count). The zero-order valence-electron chi connectivity index (χ0n) is 19.4. The van der Waals surface area contributed by atoms with Crippen LogP contribution in [0, 0.1) is 18.8 Å². The summed E-state index contributed by atoms with van der Waals surface area (Å²) in [5.74, 6) is 3.60. The molecule has 32 heavy (non-hydrogen) atoms. The number of anilines is 2. The Morgan fingerprint density at radius 3 is 2.69 bits per heavy atom. The topological polar surface area (TPSA) is 94.8 Å². The van der Waals surface area contributed by atoms with E-state index in [0.717, 1.165) is 86.2 Å². The smallest absolute Gasteiger partial charge is 0.222 e. The highest BCUT2D eigenvalue weighted by Gasteiger charge is 2.22. The highest BCUT2D eigenvalue weighted by atomic mass is 16.5. The van der Waals surface area contributed by atoms with Crippen LogP contribution in [0.5, 0.6) is 11.5 Å². The maximum atomic E-state index is 6.23.